The van der Waals surface area contributed by atoms with Crippen molar-refractivity contribution in [3.05, 3.63) is 66.5 Å². The molecular weight excluding hydrogens is 330 g/mol. The van der Waals surface area contributed by atoms with E-state index in [1.54, 1.807) is 23.3 Å². The fraction of sp³-hybridized carbons (Fsp3) is 0.111. The van der Waals surface area contributed by atoms with E-state index in [-0.39, 0.29) is 11.6 Å². The first kappa shape index (κ1) is 15.8. The predicted octanol–water partition coefficient (Wildman–Crippen LogP) is 1.75. The lowest BCUT2D eigenvalue weighted by Crippen LogP contribution is -2.25. The summed E-state index contributed by atoms with van der Waals surface area (Å²) in [6.45, 7) is 0.317. The highest BCUT2D eigenvalue weighted by Crippen LogP contribution is 2.15. The van der Waals surface area contributed by atoms with Gasteiger partial charge >= 0.3 is 0 Å². The maximum atomic E-state index is 12.4. The molecule has 0 aliphatic heterocycles. The van der Waals surface area contributed by atoms with Gasteiger partial charge in [0.2, 0.25) is 0 Å². The van der Waals surface area contributed by atoms with E-state index >= 15 is 0 Å². The fourth-order valence-electron chi connectivity index (χ4n) is 2.56. The molecule has 1 N–H and O–H groups in total. The standard InChI is InChI=1S/C18H15N7O/c1-25-12(8-15(24-25)16-10-19-6-7-20-16)9-22-18(26)17-11-21-13-4-2-3-5-14(13)23-17/h2-8,10-11H,9H2,1H3,(H,22,26). The molecule has 128 valence electrons. The van der Waals surface area contributed by atoms with Crippen LogP contribution in [0.1, 0.15) is 16.2 Å². The van der Waals surface area contributed by atoms with Crippen LogP contribution in [0.2, 0.25) is 0 Å². The largest absolute Gasteiger partial charge is 0.345 e. The summed E-state index contributed by atoms with van der Waals surface area (Å²) in [5.74, 6) is -0.287. The van der Waals surface area contributed by atoms with E-state index in [0.29, 0.717) is 23.4 Å². The minimum absolute atomic E-state index is 0.278. The third kappa shape index (κ3) is 3.12. The molecule has 4 rings (SSSR count). The Kier molecular flexibility index (Phi) is 4.06. The number of nitrogens with one attached hydrogen (secondary N) is 1. The molecule has 8 nitrogen and oxygen atoms in total. The average molecular weight is 345 g/mol. The molecule has 0 bridgehead atoms. The predicted molar refractivity (Wildman–Crippen MR) is 94.9 cm³/mol. The second kappa shape index (κ2) is 6.67. The van der Waals surface area contributed by atoms with Gasteiger partial charge in [-0.2, -0.15) is 5.10 Å². The topological polar surface area (TPSA) is 98.5 Å². The zero-order valence-electron chi connectivity index (χ0n) is 14.0. The Morgan fingerprint density at radius 3 is 2.73 bits per heavy atom. The number of rotatable bonds is 4. The van der Waals surface area contributed by atoms with Gasteiger partial charge in [-0.25, -0.2) is 4.98 Å². The van der Waals surface area contributed by atoms with E-state index in [2.05, 4.69) is 30.4 Å². The number of carbonyl (C=O) groups is 1. The van der Waals surface area contributed by atoms with Crippen molar-refractivity contribution in [1.29, 1.82) is 0 Å². The van der Waals surface area contributed by atoms with Crippen molar-refractivity contribution in [2.24, 2.45) is 7.05 Å². The van der Waals surface area contributed by atoms with E-state index in [1.165, 1.54) is 6.20 Å². The molecule has 0 spiro atoms. The summed E-state index contributed by atoms with van der Waals surface area (Å²) in [4.78, 5) is 29.3. The smallest absolute Gasteiger partial charge is 0.271 e. The molecule has 0 radical (unpaired) electrons. The van der Waals surface area contributed by atoms with Gasteiger partial charge in [-0.05, 0) is 18.2 Å². The summed E-state index contributed by atoms with van der Waals surface area (Å²) >= 11 is 0. The Bertz CT molecular complexity index is 1080. The van der Waals surface area contributed by atoms with Crippen LogP contribution < -0.4 is 5.32 Å². The highest BCUT2D eigenvalue weighted by molar-refractivity contribution is 5.93. The van der Waals surface area contributed by atoms with Gasteiger partial charge in [-0.1, -0.05) is 12.1 Å². The Balaban J connectivity index is 1.49. The number of aromatic nitrogens is 6. The molecule has 0 unspecified atom stereocenters. The van der Waals surface area contributed by atoms with Crippen molar-refractivity contribution in [2.45, 2.75) is 6.54 Å². The molecule has 0 aliphatic carbocycles. The summed E-state index contributed by atoms with van der Waals surface area (Å²) in [5, 5.41) is 7.25. The number of nitrogens with zero attached hydrogens (tertiary/aromatic N) is 6. The first-order valence-corrected chi connectivity index (χ1v) is 8.00. The van der Waals surface area contributed by atoms with Crippen LogP contribution in [-0.2, 0) is 13.6 Å². The Hall–Kier alpha value is -3.68. The van der Waals surface area contributed by atoms with Gasteiger partial charge < -0.3 is 5.32 Å². The number of benzene rings is 1. The summed E-state index contributed by atoms with van der Waals surface area (Å²) in [6, 6.07) is 9.30. The summed E-state index contributed by atoms with van der Waals surface area (Å²) in [7, 11) is 1.82. The van der Waals surface area contributed by atoms with Crippen LogP contribution in [0, 0.1) is 0 Å². The second-order valence-corrected chi connectivity index (χ2v) is 5.66. The van der Waals surface area contributed by atoms with Gasteiger partial charge in [0.1, 0.15) is 17.1 Å². The van der Waals surface area contributed by atoms with Crippen LogP contribution >= 0.6 is 0 Å². The first-order chi connectivity index (χ1) is 12.7. The van der Waals surface area contributed by atoms with Gasteiger partial charge in [-0.15, -0.1) is 0 Å². The van der Waals surface area contributed by atoms with Gasteiger partial charge in [0.25, 0.3) is 5.91 Å². The molecule has 0 aliphatic rings. The molecule has 0 saturated heterocycles. The van der Waals surface area contributed by atoms with E-state index < -0.39 is 0 Å². The number of amides is 1. The van der Waals surface area contributed by atoms with Crippen molar-refractivity contribution < 1.29 is 4.79 Å². The molecule has 1 aromatic carbocycles. The Morgan fingerprint density at radius 1 is 1.08 bits per heavy atom. The Morgan fingerprint density at radius 2 is 1.92 bits per heavy atom. The molecule has 0 saturated carbocycles. The number of aryl methyl sites for hydroxylation is 1. The molecule has 4 aromatic rings. The van der Waals surface area contributed by atoms with Crippen molar-refractivity contribution in [3.8, 4) is 11.4 Å². The van der Waals surface area contributed by atoms with Crippen LogP contribution in [0.15, 0.2) is 55.1 Å². The zero-order chi connectivity index (χ0) is 17.9. The molecule has 3 aromatic heterocycles. The van der Waals surface area contributed by atoms with Gasteiger partial charge in [0.05, 0.1) is 35.7 Å². The molecular formula is C18H15N7O. The third-order valence-corrected chi connectivity index (χ3v) is 3.91. The maximum absolute atomic E-state index is 12.4. The monoisotopic (exact) mass is 345 g/mol. The van der Waals surface area contributed by atoms with E-state index in [9.17, 15) is 4.79 Å². The van der Waals surface area contributed by atoms with E-state index in [0.717, 1.165) is 11.2 Å². The number of fused-ring (bicyclic) bond motifs is 1. The maximum Gasteiger partial charge on any atom is 0.271 e. The highest BCUT2D eigenvalue weighted by atomic mass is 16.1. The van der Waals surface area contributed by atoms with Gasteiger partial charge in [0.15, 0.2) is 0 Å². The Labute approximate surface area is 149 Å². The molecule has 0 atom stereocenters. The third-order valence-electron chi connectivity index (χ3n) is 3.91. The highest BCUT2D eigenvalue weighted by Gasteiger charge is 2.12. The first-order valence-electron chi connectivity index (χ1n) is 8.00. The summed E-state index contributed by atoms with van der Waals surface area (Å²) in [6.07, 6.45) is 6.35. The lowest BCUT2D eigenvalue weighted by atomic mass is 10.2. The normalized spacial score (nSPS) is 10.8. The van der Waals surface area contributed by atoms with Crippen molar-refractivity contribution in [3.63, 3.8) is 0 Å². The summed E-state index contributed by atoms with van der Waals surface area (Å²) in [5.41, 5.74) is 3.94. The lowest BCUT2D eigenvalue weighted by Gasteiger charge is -2.05. The molecule has 26 heavy (non-hydrogen) atoms. The van der Waals surface area contributed by atoms with E-state index in [1.807, 2.05) is 37.4 Å². The van der Waals surface area contributed by atoms with Gasteiger partial charge in [0, 0.05) is 19.4 Å². The van der Waals surface area contributed by atoms with Crippen LogP contribution in [0.5, 0.6) is 0 Å². The van der Waals surface area contributed by atoms with Crippen molar-refractivity contribution >= 4 is 16.9 Å². The minimum atomic E-state index is -0.287. The molecule has 1 amide bonds. The molecule has 0 fully saturated rings. The average Bonchev–Trinajstić information content (AvgIpc) is 3.07. The van der Waals surface area contributed by atoms with Crippen molar-refractivity contribution in [2.75, 3.05) is 0 Å². The van der Waals surface area contributed by atoms with Gasteiger partial charge in [-0.3, -0.25) is 24.4 Å². The number of hydrogen-bond donors (Lipinski definition) is 1. The number of hydrogen-bond acceptors (Lipinski definition) is 6. The van der Waals surface area contributed by atoms with Crippen LogP contribution in [-0.4, -0.2) is 35.6 Å². The second-order valence-electron chi connectivity index (χ2n) is 5.66. The van der Waals surface area contributed by atoms with Crippen LogP contribution in [0.25, 0.3) is 22.4 Å². The number of carbonyl (C=O) groups excluding carboxylic acids is 1. The molecule has 3 heterocycles. The summed E-state index contributed by atoms with van der Waals surface area (Å²) < 4.78 is 1.70. The number of para-hydroxylation sites is 2. The minimum Gasteiger partial charge on any atom is -0.345 e. The van der Waals surface area contributed by atoms with Crippen LogP contribution in [0.4, 0.5) is 0 Å². The lowest BCUT2D eigenvalue weighted by molar-refractivity contribution is 0.0945. The SMILES string of the molecule is Cn1nc(-c2cnccn2)cc1CNC(=O)c1cnc2ccccc2n1. The van der Waals surface area contributed by atoms with E-state index in [4.69, 9.17) is 0 Å². The quantitative estimate of drug-likeness (QED) is 0.605. The zero-order valence-corrected chi connectivity index (χ0v) is 14.0. The van der Waals surface area contributed by atoms with Crippen LogP contribution in [0.3, 0.4) is 0 Å². The van der Waals surface area contributed by atoms with Crippen molar-refractivity contribution in [1.82, 2.24) is 35.0 Å². The fourth-order valence-corrected chi connectivity index (χ4v) is 2.56. The molecule has 8 heteroatoms.